The third-order valence-corrected chi connectivity index (χ3v) is 3.50. The van der Waals surface area contributed by atoms with Crippen molar-refractivity contribution in [3.8, 4) is 5.75 Å². The molecule has 120 valence electrons. The molecule has 0 aliphatic rings. The highest BCUT2D eigenvalue weighted by atomic mass is 16.5. The fourth-order valence-corrected chi connectivity index (χ4v) is 2.05. The van der Waals surface area contributed by atoms with E-state index >= 15 is 0 Å². The first-order chi connectivity index (χ1) is 11.0. The maximum atomic E-state index is 12.7. The standard InChI is InChI=1S/C18H21N3O2/c1-13(2)11-23-16-7-5-6-15(10-16)18(22)21(4)14(3)17-8-9-19-12-20-17/h5-10,12,14H,1,11H2,2-4H3/t14-/m0/s1. The molecule has 0 saturated heterocycles. The first kappa shape index (κ1) is 16.7. The molecule has 0 radical (unpaired) electrons. The summed E-state index contributed by atoms with van der Waals surface area (Å²) in [5.41, 5.74) is 2.30. The Hall–Kier alpha value is -2.69. The molecule has 0 spiro atoms. The number of carbonyl (C=O) groups excluding carboxylic acids is 1. The Morgan fingerprint density at radius 3 is 2.83 bits per heavy atom. The lowest BCUT2D eigenvalue weighted by Crippen LogP contribution is -2.30. The number of hydrogen-bond donors (Lipinski definition) is 0. The second-order valence-electron chi connectivity index (χ2n) is 5.50. The Balaban J connectivity index is 2.13. The molecule has 23 heavy (non-hydrogen) atoms. The van der Waals surface area contributed by atoms with Gasteiger partial charge in [-0.25, -0.2) is 9.97 Å². The van der Waals surface area contributed by atoms with Gasteiger partial charge in [0.2, 0.25) is 0 Å². The van der Waals surface area contributed by atoms with Gasteiger partial charge in [-0.2, -0.15) is 0 Å². The Labute approximate surface area is 136 Å². The van der Waals surface area contributed by atoms with Gasteiger partial charge in [-0.15, -0.1) is 0 Å². The van der Waals surface area contributed by atoms with Gasteiger partial charge in [0.1, 0.15) is 18.7 Å². The summed E-state index contributed by atoms with van der Waals surface area (Å²) in [6.07, 6.45) is 3.15. The largest absolute Gasteiger partial charge is 0.489 e. The maximum absolute atomic E-state index is 12.7. The molecule has 2 rings (SSSR count). The van der Waals surface area contributed by atoms with Gasteiger partial charge in [0, 0.05) is 18.8 Å². The highest BCUT2D eigenvalue weighted by Gasteiger charge is 2.20. The van der Waals surface area contributed by atoms with Crippen LogP contribution in [-0.4, -0.2) is 34.4 Å². The molecular weight excluding hydrogens is 290 g/mol. The molecule has 0 unspecified atom stereocenters. The van der Waals surface area contributed by atoms with E-state index in [2.05, 4.69) is 16.5 Å². The molecule has 1 amide bonds. The van der Waals surface area contributed by atoms with Crippen molar-refractivity contribution in [2.75, 3.05) is 13.7 Å². The van der Waals surface area contributed by atoms with E-state index in [1.54, 1.807) is 36.3 Å². The first-order valence-electron chi connectivity index (χ1n) is 7.39. The molecule has 0 aliphatic carbocycles. The summed E-state index contributed by atoms with van der Waals surface area (Å²) >= 11 is 0. The van der Waals surface area contributed by atoms with Crippen molar-refractivity contribution < 1.29 is 9.53 Å². The summed E-state index contributed by atoms with van der Waals surface area (Å²) in [5, 5.41) is 0. The van der Waals surface area contributed by atoms with Crippen LogP contribution >= 0.6 is 0 Å². The molecule has 1 aromatic heterocycles. The van der Waals surface area contributed by atoms with E-state index in [1.807, 2.05) is 26.0 Å². The van der Waals surface area contributed by atoms with Crippen LogP contribution in [0.5, 0.6) is 5.75 Å². The van der Waals surface area contributed by atoms with Crippen LogP contribution in [0.1, 0.15) is 35.9 Å². The zero-order chi connectivity index (χ0) is 16.8. The van der Waals surface area contributed by atoms with Crippen molar-refractivity contribution >= 4 is 5.91 Å². The lowest BCUT2D eigenvalue weighted by atomic mass is 10.1. The van der Waals surface area contributed by atoms with Gasteiger partial charge in [0.25, 0.3) is 5.91 Å². The zero-order valence-corrected chi connectivity index (χ0v) is 13.7. The van der Waals surface area contributed by atoms with Crippen molar-refractivity contribution in [1.82, 2.24) is 14.9 Å². The summed E-state index contributed by atoms with van der Waals surface area (Å²) in [6, 6.07) is 8.82. The van der Waals surface area contributed by atoms with Gasteiger partial charge in [-0.1, -0.05) is 12.6 Å². The monoisotopic (exact) mass is 311 g/mol. The predicted octanol–water partition coefficient (Wildman–Crippen LogP) is 3.26. The molecule has 5 heteroatoms. The summed E-state index contributed by atoms with van der Waals surface area (Å²) in [5.74, 6) is 0.568. The van der Waals surface area contributed by atoms with Gasteiger partial charge in [0.05, 0.1) is 11.7 Å². The number of rotatable bonds is 6. The lowest BCUT2D eigenvalue weighted by Gasteiger charge is -2.24. The summed E-state index contributed by atoms with van der Waals surface area (Å²) in [4.78, 5) is 22.4. The second kappa shape index (κ2) is 7.54. The molecule has 1 aromatic carbocycles. The number of nitrogens with zero attached hydrogens (tertiary/aromatic N) is 3. The van der Waals surface area contributed by atoms with Crippen LogP contribution in [-0.2, 0) is 0 Å². The number of benzene rings is 1. The SMILES string of the molecule is C=C(C)COc1cccc(C(=O)N(C)[C@@H](C)c2ccncn2)c1. The smallest absolute Gasteiger partial charge is 0.254 e. The Kier molecular flexibility index (Phi) is 5.46. The molecule has 5 nitrogen and oxygen atoms in total. The van der Waals surface area contributed by atoms with Crippen molar-refractivity contribution in [3.05, 3.63) is 66.3 Å². The van der Waals surface area contributed by atoms with E-state index in [-0.39, 0.29) is 11.9 Å². The lowest BCUT2D eigenvalue weighted by molar-refractivity contribution is 0.0739. The molecule has 0 saturated carbocycles. The van der Waals surface area contributed by atoms with Gasteiger partial charge in [0.15, 0.2) is 0 Å². The van der Waals surface area contributed by atoms with E-state index in [4.69, 9.17) is 4.74 Å². The molecule has 1 heterocycles. The highest BCUT2D eigenvalue weighted by molar-refractivity contribution is 5.94. The minimum absolute atomic E-state index is 0.0862. The van der Waals surface area contributed by atoms with Crippen LogP contribution in [0.3, 0.4) is 0 Å². The van der Waals surface area contributed by atoms with Gasteiger partial charge < -0.3 is 9.64 Å². The van der Waals surface area contributed by atoms with E-state index in [9.17, 15) is 4.79 Å². The molecule has 0 fully saturated rings. The van der Waals surface area contributed by atoms with E-state index in [0.717, 1.165) is 11.3 Å². The van der Waals surface area contributed by atoms with Crippen molar-refractivity contribution in [1.29, 1.82) is 0 Å². The molecule has 2 aromatic rings. The van der Waals surface area contributed by atoms with Crippen molar-refractivity contribution in [3.63, 3.8) is 0 Å². The zero-order valence-electron chi connectivity index (χ0n) is 13.7. The van der Waals surface area contributed by atoms with Crippen LogP contribution in [0.4, 0.5) is 0 Å². The average Bonchev–Trinajstić information content (AvgIpc) is 2.59. The number of carbonyl (C=O) groups is 1. The number of aromatic nitrogens is 2. The van der Waals surface area contributed by atoms with Crippen LogP contribution in [0, 0.1) is 0 Å². The van der Waals surface area contributed by atoms with Crippen LogP contribution < -0.4 is 4.74 Å². The summed E-state index contributed by atoms with van der Waals surface area (Å²) in [6.45, 7) is 8.06. The summed E-state index contributed by atoms with van der Waals surface area (Å²) in [7, 11) is 1.76. The van der Waals surface area contributed by atoms with E-state index < -0.39 is 0 Å². The molecular formula is C18H21N3O2. The first-order valence-corrected chi connectivity index (χ1v) is 7.39. The normalized spacial score (nSPS) is 11.6. The number of ether oxygens (including phenoxy) is 1. The van der Waals surface area contributed by atoms with Crippen molar-refractivity contribution in [2.45, 2.75) is 19.9 Å². The molecule has 0 N–H and O–H groups in total. The Bertz CT molecular complexity index is 686. The summed E-state index contributed by atoms with van der Waals surface area (Å²) < 4.78 is 5.59. The Morgan fingerprint density at radius 1 is 1.39 bits per heavy atom. The fraction of sp³-hybridized carbons (Fsp3) is 0.278. The maximum Gasteiger partial charge on any atom is 0.254 e. The van der Waals surface area contributed by atoms with Gasteiger partial charge in [-0.05, 0) is 43.7 Å². The van der Waals surface area contributed by atoms with Crippen LogP contribution in [0.25, 0.3) is 0 Å². The predicted molar refractivity (Wildman–Crippen MR) is 89.3 cm³/mol. The average molecular weight is 311 g/mol. The van der Waals surface area contributed by atoms with E-state index in [1.165, 1.54) is 6.33 Å². The second-order valence-corrected chi connectivity index (χ2v) is 5.50. The topological polar surface area (TPSA) is 55.3 Å². The Morgan fingerprint density at radius 2 is 2.17 bits per heavy atom. The quantitative estimate of drug-likeness (QED) is 0.768. The van der Waals surface area contributed by atoms with Crippen molar-refractivity contribution in [2.24, 2.45) is 0 Å². The van der Waals surface area contributed by atoms with Gasteiger partial charge in [-0.3, -0.25) is 4.79 Å². The minimum atomic E-state index is -0.148. The fourth-order valence-electron chi connectivity index (χ4n) is 2.05. The number of amides is 1. The third kappa shape index (κ3) is 4.39. The van der Waals surface area contributed by atoms with Crippen LogP contribution in [0.2, 0.25) is 0 Å². The highest BCUT2D eigenvalue weighted by Crippen LogP contribution is 2.20. The molecule has 0 bridgehead atoms. The molecule has 0 aliphatic heterocycles. The number of hydrogen-bond acceptors (Lipinski definition) is 4. The van der Waals surface area contributed by atoms with E-state index in [0.29, 0.717) is 17.9 Å². The molecule has 1 atom stereocenters. The van der Waals surface area contributed by atoms with Gasteiger partial charge >= 0.3 is 0 Å². The third-order valence-electron chi connectivity index (χ3n) is 3.50. The van der Waals surface area contributed by atoms with Crippen LogP contribution in [0.15, 0.2) is 55.0 Å². The minimum Gasteiger partial charge on any atom is -0.489 e.